The van der Waals surface area contributed by atoms with Gasteiger partial charge in [0, 0.05) is 16.1 Å². The van der Waals surface area contributed by atoms with E-state index in [1.165, 1.54) is 11.3 Å². The van der Waals surface area contributed by atoms with Crippen molar-refractivity contribution in [3.63, 3.8) is 0 Å². The predicted octanol–water partition coefficient (Wildman–Crippen LogP) is 5.27. The number of imidazole rings is 1. The number of hydrogen-bond donors (Lipinski definition) is 0. The average molecular weight is 523 g/mol. The number of hydrogen-bond acceptors (Lipinski definition) is 6. The molecule has 6 nitrogen and oxygen atoms in total. The maximum absolute atomic E-state index is 13.1. The summed E-state index contributed by atoms with van der Waals surface area (Å²) in [7, 11) is 0. The van der Waals surface area contributed by atoms with Crippen LogP contribution in [-0.4, -0.2) is 22.0 Å². The van der Waals surface area contributed by atoms with Gasteiger partial charge in [-0.2, -0.15) is 0 Å². The van der Waals surface area contributed by atoms with E-state index >= 15 is 0 Å². The fourth-order valence-electron chi connectivity index (χ4n) is 3.68. The molecule has 0 aliphatic heterocycles. The molecule has 0 aliphatic rings. The molecule has 5 aromatic rings. The summed E-state index contributed by atoms with van der Waals surface area (Å²) in [5.41, 5.74) is 4.99. The Balaban J connectivity index is 1.52. The summed E-state index contributed by atoms with van der Waals surface area (Å²) < 4.78 is 14.1. The first-order valence-corrected chi connectivity index (χ1v) is 12.0. The number of aryl methyl sites for hydroxylation is 1. The molecule has 0 bridgehead atoms. The molecule has 0 fully saturated rings. The molecule has 0 amide bonds. The normalized spacial score (nSPS) is 12.2. The third-order valence-corrected chi connectivity index (χ3v) is 7.50. The van der Waals surface area contributed by atoms with Crippen LogP contribution in [0.15, 0.2) is 56.1 Å². The number of furan rings is 1. The van der Waals surface area contributed by atoms with E-state index in [0.29, 0.717) is 33.2 Å². The van der Waals surface area contributed by atoms with Crippen molar-refractivity contribution in [2.45, 2.75) is 20.8 Å². The molecule has 166 valence electrons. The van der Waals surface area contributed by atoms with Crippen LogP contribution in [0.1, 0.15) is 34.2 Å². The number of aromatic nitrogens is 2. The number of thiazole rings is 1. The van der Waals surface area contributed by atoms with Crippen LogP contribution in [0.2, 0.25) is 0 Å². The van der Waals surface area contributed by atoms with Gasteiger partial charge in [-0.1, -0.05) is 23.5 Å². The number of esters is 1. The van der Waals surface area contributed by atoms with Crippen LogP contribution in [0.3, 0.4) is 0 Å². The summed E-state index contributed by atoms with van der Waals surface area (Å²) in [4.78, 5) is 30.3. The minimum atomic E-state index is -0.354. The van der Waals surface area contributed by atoms with Gasteiger partial charge in [0.15, 0.2) is 4.96 Å². The highest BCUT2D eigenvalue weighted by Crippen LogP contribution is 2.30. The van der Waals surface area contributed by atoms with Gasteiger partial charge in [-0.3, -0.25) is 4.79 Å². The van der Waals surface area contributed by atoms with E-state index in [0.717, 1.165) is 32.2 Å². The lowest BCUT2D eigenvalue weighted by atomic mass is 10.1. The van der Waals surface area contributed by atoms with Crippen LogP contribution in [-0.2, 0) is 4.74 Å². The van der Waals surface area contributed by atoms with Crippen molar-refractivity contribution in [2.24, 2.45) is 0 Å². The topological polar surface area (TPSA) is 73.8 Å². The molecule has 3 heterocycles. The molecule has 8 heteroatoms. The molecule has 2 aromatic carbocycles. The van der Waals surface area contributed by atoms with E-state index in [2.05, 4.69) is 20.9 Å². The van der Waals surface area contributed by atoms with Crippen molar-refractivity contribution in [3.8, 4) is 11.3 Å². The molecule has 0 saturated carbocycles. The Labute approximate surface area is 201 Å². The summed E-state index contributed by atoms with van der Waals surface area (Å²) in [6.45, 7) is 6.16. The first-order chi connectivity index (χ1) is 15.9. The van der Waals surface area contributed by atoms with Crippen LogP contribution >= 0.6 is 27.3 Å². The molecular formula is C25H19BrN2O4S. The fraction of sp³-hybridized carbons (Fsp3) is 0.160. The molecule has 5 rings (SSSR count). The first kappa shape index (κ1) is 21.6. The number of fused-ring (bicyclic) bond motifs is 3. The number of nitrogens with zero attached hydrogens (tertiary/aromatic N) is 2. The minimum absolute atomic E-state index is 0.121. The third kappa shape index (κ3) is 3.69. The van der Waals surface area contributed by atoms with Crippen molar-refractivity contribution in [1.29, 1.82) is 0 Å². The zero-order valence-corrected chi connectivity index (χ0v) is 20.5. The first-order valence-electron chi connectivity index (χ1n) is 10.4. The second kappa shape index (κ2) is 8.28. The number of benzene rings is 2. The Kier molecular flexibility index (Phi) is 5.42. The van der Waals surface area contributed by atoms with Crippen LogP contribution in [0.5, 0.6) is 0 Å². The lowest BCUT2D eigenvalue weighted by Gasteiger charge is -2.03. The van der Waals surface area contributed by atoms with Crippen molar-refractivity contribution in [1.82, 2.24) is 9.38 Å². The summed E-state index contributed by atoms with van der Waals surface area (Å²) in [6.07, 6.45) is 1.74. The highest BCUT2D eigenvalue weighted by molar-refractivity contribution is 9.10. The van der Waals surface area contributed by atoms with Crippen molar-refractivity contribution in [3.05, 3.63) is 84.3 Å². The van der Waals surface area contributed by atoms with Gasteiger partial charge in [-0.25, -0.2) is 14.2 Å². The quantitative estimate of drug-likeness (QED) is 0.300. The van der Waals surface area contributed by atoms with Crippen LogP contribution < -0.4 is 10.1 Å². The Bertz CT molecular complexity index is 1640. The van der Waals surface area contributed by atoms with E-state index in [9.17, 15) is 9.59 Å². The number of carbonyl (C=O) groups is 1. The lowest BCUT2D eigenvalue weighted by molar-refractivity contribution is 0.0526. The highest BCUT2D eigenvalue weighted by Gasteiger charge is 2.16. The van der Waals surface area contributed by atoms with Gasteiger partial charge in [0.2, 0.25) is 0 Å². The van der Waals surface area contributed by atoms with E-state index in [1.807, 2.05) is 32.0 Å². The van der Waals surface area contributed by atoms with Crippen molar-refractivity contribution in [2.75, 3.05) is 6.61 Å². The maximum atomic E-state index is 13.1. The minimum Gasteiger partial charge on any atom is -0.462 e. The molecule has 0 saturated heterocycles. The molecule has 0 N–H and O–H groups in total. The number of halogens is 1. The molecule has 3 aromatic heterocycles. The van der Waals surface area contributed by atoms with Gasteiger partial charge >= 0.3 is 5.97 Å². The second-order valence-corrected chi connectivity index (χ2v) is 9.45. The van der Waals surface area contributed by atoms with E-state index in [4.69, 9.17) is 9.15 Å². The SMILES string of the molecule is CCOC(=O)c1ccc(-c2ccc(/C=c3/sc4nc5c(Br)c(C)c(C)cc5n4c3=O)o2)cc1. The van der Waals surface area contributed by atoms with Gasteiger partial charge in [0.05, 0.1) is 17.7 Å². The average Bonchev–Trinajstić information content (AvgIpc) is 3.49. The van der Waals surface area contributed by atoms with Gasteiger partial charge in [0.1, 0.15) is 21.6 Å². The van der Waals surface area contributed by atoms with Gasteiger partial charge in [-0.15, -0.1) is 0 Å². The Morgan fingerprint density at radius 2 is 1.97 bits per heavy atom. The zero-order valence-electron chi connectivity index (χ0n) is 18.1. The molecule has 0 atom stereocenters. The lowest BCUT2D eigenvalue weighted by Crippen LogP contribution is -2.22. The van der Waals surface area contributed by atoms with E-state index in [-0.39, 0.29) is 11.5 Å². The summed E-state index contributed by atoms with van der Waals surface area (Å²) >= 11 is 4.95. The van der Waals surface area contributed by atoms with Gasteiger partial charge < -0.3 is 9.15 Å². The second-order valence-electron chi connectivity index (χ2n) is 7.65. The summed E-state index contributed by atoms with van der Waals surface area (Å²) in [5, 5.41) is 0. The third-order valence-electron chi connectivity index (χ3n) is 5.56. The number of carbonyl (C=O) groups excluding carboxylic acids is 1. The van der Waals surface area contributed by atoms with Crippen LogP contribution in [0.4, 0.5) is 0 Å². The predicted molar refractivity (Wildman–Crippen MR) is 133 cm³/mol. The van der Waals surface area contributed by atoms with Gasteiger partial charge in [0.25, 0.3) is 5.56 Å². The van der Waals surface area contributed by atoms with Crippen molar-refractivity contribution < 1.29 is 13.9 Å². The molecule has 0 radical (unpaired) electrons. The van der Waals surface area contributed by atoms with Crippen molar-refractivity contribution >= 4 is 55.3 Å². The highest BCUT2D eigenvalue weighted by atomic mass is 79.9. The molecule has 0 aliphatic carbocycles. The van der Waals surface area contributed by atoms with Crippen LogP contribution in [0, 0.1) is 13.8 Å². The molecule has 0 unspecified atom stereocenters. The molecular weight excluding hydrogens is 504 g/mol. The zero-order chi connectivity index (χ0) is 23.3. The molecule has 33 heavy (non-hydrogen) atoms. The Morgan fingerprint density at radius 3 is 2.70 bits per heavy atom. The summed E-state index contributed by atoms with van der Waals surface area (Å²) in [5.74, 6) is 0.859. The van der Waals surface area contributed by atoms with Crippen LogP contribution in [0.25, 0.3) is 33.4 Å². The maximum Gasteiger partial charge on any atom is 0.338 e. The smallest absolute Gasteiger partial charge is 0.338 e. The number of ether oxygens (including phenoxy) is 1. The molecule has 0 spiro atoms. The Morgan fingerprint density at radius 1 is 1.21 bits per heavy atom. The largest absolute Gasteiger partial charge is 0.462 e. The van der Waals surface area contributed by atoms with E-state index in [1.54, 1.807) is 41.7 Å². The van der Waals surface area contributed by atoms with Gasteiger partial charge in [-0.05, 0) is 78.2 Å². The number of rotatable bonds is 4. The Hall–Kier alpha value is -3.23. The monoisotopic (exact) mass is 522 g/mol. The standard InChI is InChI=1S/C25H19BrN2O4S/c1-4-31-24(30)16-7-5-15(6-8-16)19-10-9-17(32-19)12-20-23(29)28-18-11-13(2)14(3)21(26)22(18)27-25(28)33-20/h5-12H,4H2,1-3H3/b20-12+. The van der Waals surface area contributed by atoms with E-state index < -0.39 is 0 Å². The fourth-order valence-corrected chi connectivity index (χ4v) is 5.24. The summed E-state index contributed by atoms with van der Waals surface area (Å²) in [6, 6.07) is 12.7.